The standard InChI is InChI=1S/C11H9NOS2/c13-15(11-3-1-2-6-12-11)8-5-10-4-7-14-9-10/h1-9H/b8-5+. The van der Waals surface area contributed by atoms with Gasteiger partial charge in [-0.25, -0.2) is 9.19 Å². The van der Waals surface area contributed by atoms with E-state index >= 15 is 0 Å². The number of pyridine rings is 1. The first-order chi connectivity index (χ1) is 7.36. The molecule has 0 amide bonds. The van der Waals surface area contributed by atoms with E-state index in [-0.39, 0.29) is 0 Å². The molecule has 0 radical (unpaired) electrons. The zero-order chi connectivity index (χ0) is 10.5. The quantitative estimate of drug-likeness (QED) is 0.818. The van der Waals surface area contributed by atoms with Crippen molar-refractivity contribution in [1.82, 2.24) is 4.98 Å². The lowest BCUT2D eigenvalue weighted by Crippen LogP contribution is -1.88. The second kappa shape index (κ2) is 5.00. The van der Waals surface area contributed by atoms with Crippen LogP contribution in [0.4, 0.5) is 0 Å². The Labute approximate surface area is 94.8 Å². The SMILES string of the molecule is O=S(/C=C/c1ccsc1)c1ccccn1. The topological polar surface area (TPSA) is 30.0 Å². The van der Waals surface area contributed by atoms with Crippen LogP contribution < -0.4 is 0 Å². The minimum absolute atomic E-state index is 0.587. The van der Waals surface area contributed by atoms with Crippen molar-refractivity contribution in [3.05, 3.63) is 52.2 Å². The van der Waals surface area contributed by atoms with Gasteiger partial charge in [-0.2, -0.15) is 11.3 Å². The summed E-state index contributed by atoms with van der Waals surface area (Å²) in [5.74, 6) is 0. The van der Waals surface area contributed by atoms with Gasteiger partial charge in [0.15, 0.2) is 0 Å². The van der Waals surface area contributed by atoms with Gasteiger partial charge in [-0.1, -0.05) is 6.07 Å². The molecule has 2 nitrogen and oxygen atoms in total. The summed E-state index contributed by atoms with van der Waals surface area (Å²) in [5.41, 5.74) is 1.07. The molecule has 76 valence electrons. The summed E-state index contributed by atoms with van der Waals surface area (Å²) in [6, 6.07) is 7.38. The molecule has 0 N–H and O–H groups in total. The summed E-state index contributed by atoms with van der Waals surface area (Å²) in [7, 11) is -1.16. The molecule has 0 saturated heterocycles. The van der Waals surface area contributed by atoms with Gasteiger partial charge in [-0.15, -0.1) is 0 Å². The molecule has 0 aliphatic carbocycles. The van der Waals surface area contributed by atoms with Crippen LogP contribution in [0.15, 0.2) is 51.7 Å². The van der Waals surface area contributed by atoms with Crippen molar-refractivity contribution in [1.29, 1.82) is 0 Å². The Morgan fingerprint density at radius 1 is 1.33 bits per heavy atom. The number of hydrogen-bond acceptors (Lipinski definition) is 3. The number of rotatable bonds is 3. The van der Waals surface area contributed by atoms with E-state index in [4.69, 9.17) is 0 Å². The Morgan fingerprint density at radius 3 is 2.93 bits per heavy atom. The zero-order valence-corrected chi connectivity index (χ0v) is 9.50. The van der Waals surface area contributed by atoms with Crippen LogP contribution >= 0.6 is 11.3 Å². The predicted octanol–water partition coefficient (Wildman–Crippen LogP) is 2.92. The van der Waals surface area contributed by atoms with Gasteiger partial charge in [0.25, 0.3) is 0 Å². The van der Waals surface area contributed by atoms with Crippen LogP contribution in [0.2, 0.25) is 0 Å². The molecule has 0 saturated carbocycles. The molecular formula is C11H9NOS2. The van der Waals surface area contributed by atoms with E-state index in [2.05, 4.69) is 4.98 Å². The third kappa shape index (κ3) is 2.84. The van der Waals surface area contributed by atoms with Crippen molar-refractivity contribution >= 4 is 28.2 Å². The molecule has 0 aromatic carbocycles. The highest BCUT2D eigenvalue weighted by Gasteiger charge is 1.98. The van der Waals surface area contributed by atoms with Crippen LogP contribution in [-0.2, 0) is 10.8 Å². The minimum atomic E-state index is -1.16. The fourth-order valence-corrected chi connectivity index (χ4v) is 2.47. The van der Waals surface area contributed by atoms with Crippen molar-refractivity contribution in [2.75, 3.05) is 0 Å². The summed E-state index contributed by atoms with van der Waals surface area (Å²) in [5, 5.41) is 6.24. The monoisotopic (exact) mass is 235 g/mol. The van der Waals surface area contributed by atoms with Crippen LogP contribution in [-0.4, -0.2) is 9.19 Å². The second-order valence-electron chi connectivity index (χ2n) is 2.82. The maximum atomic E-state index is 11.7. The summed E-state index contributed by atoms with van der Waals surface area (Å²) in [6.07, 6.45) is 3.49. The first-order valence-electron chi connectivity index (χ1n) is 4.38. The van der Waals surface area contributed by atoms with E-state index < -0.39 is 10.8 Å². The molecule has 4 heteroatoms. The molecule has 0 fully saturated rings. The van der Waals surface area contributed by atoms with Crippen LogP contribution in [0.5, 0.6) is 0 Å². The number of aromatic nitrogens is 1. The fourth-order valence-electron chi connectivity index (χ4n) is 1.05. The second-order valence-corrected chi connectivity index (χ2v) is 4.89. The van der Waals surface area contributed by atoms with Crippen LogP contribution in [0.1, 0.15) is 5.56 Å². The molecule has 0 aliphatic heterocycles. The Morgan fingerprint density at radius 2 is 2.27 bits per heavy atom. The van der Waals surface area contributed by atoms with Crippen LogP contribution in [0.3, 0.4) is 0 Å². The molecule has 2 aromatic rings. The largest absolute Gasteiger partial charge is 0.248 e. The van der Waals surface area contributed by atoms with Crippen molar-refractivity contribution in [3.63, 3.8) is 0 Å². The number of thiophene rings is 1. The molecule has 0 aliphatic rings. The lowest BCUT2D eigenvalue weighted by atomic mass is 10.3. The third-order valence-electron chi connectivity index (χ3n) is 1.77. The predicted molar refractivity (Wildman–Crippen MR) is 64.0 cm³/mol. The van der Waals surface area contributed by atoms with Crippen molar-refractivity contribution in [2.24, 2.45) is 0 Å². The van der Waals surface area contributed by atoms with Crippen molar-refractivity contribution in [3.8, 4) is 0 Å². The summed E-state index contributed by atoms with van der Waals surface area (Å²) in [4.78, 5) is 4.03. The van der Waals surface area contributed by atoms with E-state index in [1.165, 1.54) is 0 Å². The molecule has 15 heavy (non-hydrogen) atoms. The molecule has 2 aromatic heterocycles. The van der Waals surface area contributed by atoms with E-state index in [0.717, 1.165) is 5.56 Å². The molecule has 0 spiro atoms. The Hall–Kier alpha value is -1.26. The van der Waals surface area contributed by atoms with Crippen LogP contribution in [0, 0.1) is 0 Å². The molecule has 1 unspecified atom stereocenters. The lowest BCUT2D eigenvalue weighted by Gasteiger charge is -1.93. The van der Waals surface area contributed by atoms with Gasteiger partial charge in [0.2, 0.25) is 0 Å². The van der Waals surface area contributed by atoms with Gasteiger partial charge < -0.3 is 0 Å². The van der Waals surface area contributed by atoms with E-state index in [0.29, 0.717) is 5.03 Å². The maximum absolute atomic E-state index is 11.7. The van der Waals surface area contributed by atoms with Gasteiger partial charge in [0.05, 0.1) is 10.8 Å². The van der Waals surface area contributed by atoms with Gasteiger partial charge in [-0.3, -0.25) is 0 Å². The smallest absolute Gasteiger partial charge is 0.131 e. The van der Waals surface area contributed by atoms with Crippen molar-refractivity contribution < 1.29 is 4.21 Å². The molecule has 0 bridgehead atoms. The number of hydrogen-bond donors (Lipinski definition) is 0. The Kier molecular flexibility index (Phi) is 3.42. The molecule has 2 rings (SSSR count). The van der Waals surface area contributed by atoms with Gasteiger partial charge >= 0.3 is 0 Å². The highest BCUT2D eigenvalue weighted by atomic mass is 32.2. The average Bonchev–Trinajstić information content (AvgIpc) is 2.80. The van der Waals surface area contributed by atoms with E-state index in [9.17, 15) is 4.21 Å². The minimum Gasteiger partial charge on any atom is -0.248 e. The Bertz CT molecular complexity index is 463. The van der Waals surface area contributed by atoms with Gasteiger partial charge in [0, 0.05) is 11.6 Å². The Balaban J connectivity index is 2.11. The third-order valence-corrected chi connectivity index (χ3v) is 3.51. The van der Waals surface area contributed by atoms with Crippen LogP contribution in [0.25, 0.3) is 6.08 Å². The van der Waals surface area contributed by atoms with Gasteiger partial charge in [0.1, 0.15) is 5.03 Å². The first kappa shape index (κ1) is 10.3. The highest BCUT2D eigenvalue weighted by molar-refractivity contribution is 7.88. The lowest BCUT2D eigenvalue weighted by molar-refractivity contribution is 0.686. The maximum Gasteiger partial charge on any atom is 0.131 e. The summed E-state index contributed by atoms with van der Waals surface area (Å²) >= 11 is 1.62. The van der Waals surface area contributed by atoms with E-state index in [1.54, 1.807) is 29.0 Å². The normalized spacial score (nSPS) is 13.1. The fraction of sp³-hybridized carbons (Fsp3) is 0. The van der Waals surface area contributed by atoms with E-state index in [1.807, 2.05) is 35.0 Å². The number of nitrogens with zero attached hydrogens (tertiary/aromatic N) is 1. The summed E-state index contributed by atoms with van der Waals surface area (Å²) < 4.78 is 11.7. The zero-order valence-electron chi connectivity index (χ0n) is 7.87. The molecule has 1 atom stereocenters. The average molecular weight is 235 g/mol. The molecule has 2 heterocycles. The van der Waals surface area contributed by atoms with Gasteiger partial charge in [-0.05, 0) is 40.6 Å². The first-order valence-corrected chi connectivity index (χ1v) is 6.54. The summed E-state index contributed by atoms with van der Waals surface area (Å²) in [6.45, 7) is 0. The highest BCUT2D eigenvalue weighted by Crippen LogP contribution is 2.10. The molecular weight excluding hydrogens is 226 g/mol. The van der Waals surface area contributed by atoms with Crippen molar-refractivity contribution in [2.45, 2.75) is 5.03 Å².